The van der Waals surface area contributed by atoms with E-state index in [9.17, 15) is 14.7 Å². The first-order valence-electron chi connectivity index (χ1n) is 8.69. The predicted molar refractivity (Wildman–Crippen MR) is 91.5 cm³/mol. The maximum atomic E-state index is 12.5. The highest BCUT2D eigenvalue weighted by Gasteiger charge is 2.42. The lowest BCUT2D eigenvalue weighted by Gasteiger charge is -2.26. The summed E-state index contributed by atoms with van der Waals surface area (Å²) in [4.78, 5) is 26.2. The number of hydrogen-bond acceptors (Lipinski definition) is 5. The summed E-state index contributed by atoms with van der Waals surface area (Å²) in [5.41, 5.74) is 0.890. The van der Waals surface area contributed by atoms with Crippen molar-refractivity contribution in [2.45, 2.75) is 45.6 Å². The van der Waals surface area contributed by atoms with Gasteiger partial charge in [-0.15, -0.1) is 0 Å². The predicted octanol–water partition coefficient (Wildman–Crippen LogP) is 3.28. The number of nitrogens with zero attached hydrogens (tertiary/aromatic N) is 1. The van der Waals surface area contributed by atoms with Crippen LogP contribution in [0.1, 0.15) is 51.1 Å². The standard InChI is InChI=1S/C19H23NO5/c1-3-4-5-6-9-20-17(16(12(2)21)18(22)19(20)23)13-7-8-14-15(10-13)25-11-24-14/h7-8,10,17,22H,3-6,9,11H2,1-2H3. The lowest BCUT2D eigenvalue weighted by Crippen LogP contribution is -2.32. The number of rotatable bonds is 7. The second-order valence-electron chi connectivity index (χ2n) is 6.39. The summed E-state index contributed by atoms with van der Waals surface area (Å²) in [6.45, 7) is 4.15. The zero-order valence-corrected chi connectivity index (χ0v) is 14.6. The van der Waals surface area contributed by atoms with Crippen LogP contribution < -0.4 is 9.47 Å². The number of amides is 1. The maximum Gasteiger partial charge on any atom is 0.290 e. The van der Waals surface area contributed by atoms with Gasteiger partial charge in [-0.2, -0.15) is 0 Å². The number of fused-ring (bicyclic) bond motifs is 1. The van der Waals surface area contributed by atoms with E-state index in [0.29, 0.717) is 18.0 Å². The number of aliphatic hydroxyl groups is 1. The van der Waals surface area contributed by atoms with Crippen molar-refractivity contribution in [3.05, 3.63) is 35.1 Å². The van der Waals surface area contributed by atoms with Gasteiger partial charge in [0.15, 0.2) is 23.0 Å². The fourth-order valence-corrected chi connectivity index (χ4v) is 3.38. The summed E-state index contributed by atoms with van der Waals surface area (Å²) in [5.74, 6) is 0.00455. The highest BCUT2D eigenvalue weighted by atomic mass is 16.7. The molecule has 134 valence electrons. The number of unbranched alkanes of at least 4 members (excludes halogenated alkanes) is 3. The first kappa shape index (κ1) is 17.3. The van der Waals surface area contributed by atoms with E-state index in [1.807, 2.05) is 6.07 Å². The molecule has 1 aromatic rings. The smallest absolute Gasteiger partial charge is 0.290 e. The van der Waals surface area contributed by atoms with Crippen LogP contribution in [-0.4, -0.2) is 35.0 Å². The third-order valence-electron chi connectivity index (χ3n) is 4.65. The van der Waals surface area contributed by atoms with Crippen molar-refractivity contribution in [2.24, 2.45) is 0 Å². The van der Waals surface area contributed by atoms with Crippen LogP contribution in [0.4, 0.5) is 0 Å². The Morgan fingerprint density at radius 3 is 2.72 bits per heavy atom. The Labute approximate surface area is 147 Å². The molecule has 0 aliphatic carbocycles. The molecule has 2 aliphatic rings. The molecule has 0 saturated carbocycles. The molecule has 6 nitrogen and oxygen atoms in total. The van der Waals surface area contributed by atoms with Crippen molar-refractivity contribution >= 4 is 11.7 Å². The largest absolute Gasteiger partial charge is 0.503 e. The second kappa shape index (κ2) is 7.17. The van der Waals surface area contributed by atoms with Gasteiger partial charge in [0.05, 0.1) is 11.6 Å². The highest BCUT2D eigenvalue weighted by molar-refractivity contribution is 6.08. The van der Waals surface area contributed by atoms with Gasteiger partial charge in [-0.1, -0.05) is 32.3 Å². The molecule has 0 bridgehead atoms. The normalized spacial score (nSPS) is 19.0. The van der Waals surface area contributed by atoms with E-state index in [2.05, 4.69) is 6.92 Å². The second-order valence-corrected chi connectivity index (χ2v) is 6.39. The van der Waals surface area contributed by atoms with E-state index in [-0.39, 0.29) is 18.1 Å². The number of aliphatic hydroxyl groups excluding tert-OH is 1. The van der Waals surface area contributed by atoms with E-state index < -0.39 is 17.7 Å². The van der Waals surface area contributed by atoms with Crippen molar-refractivity contribution in [1.29, 1.82) is 0 Å². The molecule has 1 N–H and O–H groups in total. The van der Waals surface area contributed by atoms with Crippen molar-refractivity contribution in [3.8, 4) is 11.5 Å². The van der Waals surface area contributed by atoms with Crippen LogP contribution in [0, 0.1) is 0 Å². The SMILES string of the molecule is CCCCCCN1C(=O)C(O)=C(C(C)=O)C1c1ccc2c(c1)OCO2. The lowest BCUT2D eigenvalue weighted by molar-refractivity contribution is -0.129. The van der Waals surface area contributed by atoms with E-state index in [1.165, 1.54) is 6.92 Å². The molecule has 1 aromatic carbocycles. The van der Waals surface area contributed by atoms with Gasteiger partial charge < -0.3 is 19.5 Å². The third kappa shape index (κ3) is 3.21. The number of ether oxygens (including phenoxy) is 2. The molecule has 1 unspecified atom stereocenters. The number of benzene rings is 1. The molecule has 0 saturated heterocycles. The number of ketones is 1. The Morgan fingerprint density at radius 1 is 1.24 bits per heavy atom. The Hall–Kier alpha value is -2.50. The Balaban J connectivity index is 1.92. The minimum Gasteiger partial charge on any atom is -0.503 e. The fourth-order valence-electron chi connectivity index (χ4n) is 3.38. The Bertz CT molecular complexity index is 725. The van der Waals surface area contributed by atoms with Crippen molar-refractivity contribution < 1.29 is 24.2 Å². The van der Waals surface area contributed by atoms with Crippen molar-refractivity contribution in [2.75, 3.05) is 13.3 Å². The molecule has 6 heteroatoms. The van der Waals surface area contributed by atoms with Crippen LogP contribution in [0.25, 0.3) is 0 Å². The van der Waals surface area contributed by atoms with Crippen LogP contribution >= 0.6 is 0 Å². The molecule has 3 rings (SSSR count). The van der Waals surface area contributed by atoms with Crippen LogP contribution in [0.2, 0.25) is 0 Å². The van der Waals surface area contributed by atoms with Crippen molar-refractivity contribution in [1.82, 2.24) is 4.90 Å². The zero-order chi connectivity index (χ0) is 18.0. The van der Waals surface area contributed by atoms with E-state index in [0.717, 1.165) is 31.2 Å². The van der Waals surface area contributed by atoms with E-state index in [4.69, 9.17) is 9.47 Å². The molecular formula is C19H23NO5. The third-order valence-corrected chi connectivity index (χ3v) is 4.65. The molecule has 2 aliphatic heterocycles. The lowest BCUT2D eigenvalue weighted by atomic mass is 9.96. The van der Waals surface area contributed by atoms with E-state index >= 15 is 0 Å². The van der Waals surface area contributed by atoms with Gasteiger partial charge in [-0.05, 0) is 31.0 Å². The summed E-state index contributed by atoms with van der Waals surface area (Å²) in [7, 11) is 0. The molecule has 25 heavy (non-hydrogen) atoms. The number of carbonyl (C=O) groups is 2. The molecular weight excluding hydrogens is 322 g/mol. The molecule has 2 heterocycles. The van der Waals surface area contributed by atoms with Crippen LogP contribution in [0.3, 0.4) is 0 Å². The Kier molecular flexibility index (Phi) is 4.97. The van der Waals surface area contributed by atoms with Gasteiger partial charge in [-0.3, -0.25) is 9.59 Å². The monoisotopic (exact) mass is 345 g/mol. The maximum absolute atomic E-state index is 12.5. The molecule has 0 spiro atoms. The van der Waals surface area contributed by atoms with E-state index in [1.54, 1.807) is 17.0 Å². The summed E-state index contributed by atoms with van der Waals surface area (Å²) in [6.07, 6.45) is 4.03. The van der Waals surface area contributed by atoms with Gasteiger partial charge in [0.2, 0.25) is 6.79 Å². The fraction of sp³-hybridized carbons (Fsp3) is 0.474. The minimum atomic E-state index is -0.582. The van der Waals surface area contributed by atoms with Crippen molar-refractivity contribution in [3.63, 3.8) is 0 Å². The van der Waals surface area contributed by atoms with Gasteiger partial charge in [0.1, 0.15) is 0 Å². The first-order valence-corrected chi connectivity index (χ1v) is 8.69. The molecule has 1 atom stereocenters. The molecule has 0 fully saturated rings. The average molecular weight is 345 g/mol. The van der Waals surface area contributed by atoms with Gasteiger partial charge in [0, 0.05) is 6.54 Å². The Morgan fingerprint density at radius 2 is 2.00 bits per heavy atom. The zero-order valence-electron chi connectivity index (χ0n) is 14.6. The topological polar surface area (TPSA) is 76.1 Å². The van der Waals surface area contributed by atoms with Gasteiger partial charge >= 0.3 is 0 Å². The number of Topliss-reactive ketones (excluding diaryl/α,β-unsaturated/α-hetero) is 1. The summed E-state index contributed by atoms with van der Waals surface area (Å²) in [5, 5.41) is 10.2. The quantitative estimate of drug-likeness (QED) is 0.768. The minimum absolute atomic E-state index is 0.152. The van der Waals surface area contributed by atoms with Crippen LogP contribution in [0.15, 0.2) is 29.5 Å². The molecule has 0 radical (unpaired) electrons. The first-order chi connectivity index (χ1) is 12.0. The average Bonchev–Trinajstić information content (AvgIpc) is 3.15. The van der Waals surface area contributed by atoms with Gasteiger partial charge in [0.25, 0.3) is 5.91 Å². The van der Waals surface area contributed by atoms with Gasteiger partial charge in [-0.25, -0.2) is 0 Å². The summed E-state index contributed by atoms with van der Waals surface area (Å²) < 4.78 is 10.7. The molecule has 1 amide bonds. The van der Waals surface area contributed by atoms with Crippen LogP contribution in [-0.2, 0) is 9.59 Å². The highest BCUT2D eigenvalue weighted by Crippen LogP contribution is 2.41. The van der Waals surface area contributed by atoms with Crippen LogP contribution in [0.5, 0.6) is 11.5 Å². The summed E-state index contributed by atoms with van der Waals surface area (Å²) in [6, 6.07) is 4.78. The molecule has 0 aromatic heterocycles. The summed E-state index contributed by atoms with van der Waals surface area (Å²) >= 11 is 0. The number of carbonyl (C=O) groups excluding carboxylic acids is 2. The number of hydrogen-bond donors (Lipinski definition) is 1.